The van der Waals surface area contributed by atoms with Gasteiger partial charge in [-0.25, -0.2) is 0 Å². The monoisotopic (exact) mass is 221 g/mol. The lowest BCUT2D eigenvalue weighted by Crippen LogP contribution is -2.30. The zero-order valence-electron chi connectivity index (χ0n) is 10.9. The van der Waals surface area contributed by atoms with E-state index in [4.69, 9.17) is 0 Å². The summed E-state index contributed by atoms with van der Waals surface area (Å²) in [6, 6.07) is 0.707. The van der Waals surface area contributed by atoms with Crippen LogP contribution in [0.4, 0.5) is 0 Å². The molecule has 1 fully saturated rings. The Morgan fingerprint density at radius 3 is 2.56 bits per heavy atom. The van der Waals surface area contributed by atoms with Crippen LogP contribution in [0, 0.1) is 19.8 Å². The van der Waals surface area contributed by atoms with Crippen molar-refractivity contribution in [2.75, 3.05) is 0 Å². The van der Waals surface area contributed by atoms with E-state index in [-0.39, 0.29) is 0 Å². The minimum absolute atomic E-state index is 0.707. The first-order valence-electron chi connectivity index (χ1n) is 6.36. The molecule has 1 unspecified atom stereocenters. The molecular weight excluding hydrogens is 198 g/mol. The second kappa shape index (κ2) is 4.58. The Morgan fingerprint density at radius 2 is 2.12 bits per heavy atom. The average Bonchev–Trinajstić information content (AvgIpc) is 3.03. The lowest BCUT2D eigenvalue weighted by molar-refractivity contribution is 0.448. The van der Waals surface area contributed by atoms with Gasteiger partial charge < -0.3 is 5.32 Å². The Balaban J connectivity index is 1.97. The molecule has 0 bridgehead atoms. The molecule has 0 aliphatic heterocycles. The quantitative estimate of drug-likeness (QED) is 0.827. The molecule has 0 radical (unpaired) electrons. The first-order valence-corrected chi connectivity index (χ1v) is 6.36. The molecule has 3 nitrogen and oxygen atoms in total. The fourth-order valence-corrected chi connectivity index (χ4v) is 2.45. The SMILES string of the molecule is CCC(NCc1c(C)nn(C)c1C)C1CC1. The second-order valence-corrected chi connectivity index (χ2v) is 5.01. The van der Waals surface area contributed by atoms with Crippen molar-refractivity contribution in [2.45, 2.75) is 52.6 Å². The van der Waals surface area contributed by atoms with Crippen LogP contribution in [-0.2, 0) is 13.6 Å². The molecule has 16 heavy (non-hydrogen) atoms. The number of nitrogens with one attached hydrogen (secondary N) is 1. The summed E-state index contributed by atoms with van der Waals surface area (Å²) in [5, 5.41) is 8.14. The van der Waals surface area contributed by atoms with Gasteiger partial charge in [0, 0.05) is 30.9 Å². The van der Waals surface area contributed by atoms with Crippen molar-refractivity contribution in [3.63, 3.8) is 0 Å². The van der Waals surface area contributed by atoms with Gasteiger partial charge in [-0.1, -0.05) is 6.92 Å². The molecule has 1 aromatic heterocycles. The molecule has 90 valence electrons. The van der Waals surface area contributed by atoms with Crippen LogP contribution in [0.5, 0.6) is 0 Å². The number of hydrogen-bond donors (Lipinski definition) is 1. The Kier molecular flexibility index (Phi) is 3.33. The Bertz CT molecular complexity index is 363. The van der Waals surface area contributed by atoms with Gasteiger partial charge in [0.1, 0.15) is 0 Å². The van der Waals surface area contributed by atoms with Gasteiger partial charge >= 0.3 is 0 Å². The first kappa shape index (κ1) is 11.6. The lowest BCUT2D eigenvalue weighted by atomic mass is 10.1. The van der Waals surface area contributed by atoms with Crippen LogP contribution in [-0.4, -0.2) is 15.8 Å². The molecule has 1 heterocycles. The Hall–Kier alpha value is -0.830. The van der Waals surface area contributed by atoms with Crippen molar-refractivity contribution in [2.24, 2.45) is 13.0 Å². The van der Waals surface area contributed by atoms with Crippen LogP contribution in [0.2, 0.25) is 0 Å². The second-order valence-electron chi connectivity index (χ2n) is 5.01. The van der Waals surface area contributed by atoms with Crippen LogP contribution in [0.15, 0.2) is 0 Å². The van der Waals surface area contributed by atoms with Crippen molar-refractivity contribution < 1.29 is 0 Å². The first-order chi connectivity index (χ1) is 7.63. The van der Waals surface area contributed by atoms with Gasteiger partial charge in [0.2, 0.25) is 0 Å². The van der Waals surface area contributed by atoms with Crippen molar-refractivity contribution in [1.29, 1.82) is 0 Å². The molecule has 0 amide bonds. The van der Waals surface area contributed by atoms with Gasteiger partial charge in [0.05, 0.1) is 5.69 Å². The van der Waals surface area contributed by atoms with Crippen LogP contribution in [0.1, 0.15) is 43.1 Å². The summed E-state index contributed by atoms with van der Waals surface area (Å²) in [6.45, 7) is 7.50. The smallest absolute Gasteiger partial charge is 0.0641 e. The Morgan fingerprint density at radius 1 is 1.44 bits per heavy atom. The number of nitrogens with zero attached hydrogens (tertiary/aromatic N) is 2. The number of hydrogen-bond acceptors (Lipinski definition) is 2. The minimum Gasteiger partial charge on any atom is -0.310 e. The van der Waals surface area contributed by atoms with Gasteiger partial charge in [-0.3, -0.25) is 4.68 Å². The number of rotatable bonds is 5. The highest BCUT2D eigenvalue weighted by Gasteiger charge is 2.29. The third kappa shape index (κ3) is 2.29. The molecule has 1 aliphatic rings. The third-order valence-electron chi connectivity index (χ3n) is 3.83. The summed E-state index contributed by atoms with van der Waals surface area (Å²) in [5.74, 6) is 0.933. The molecule has 1 N–H and O–H groups in total. The van der Waals surface area contributed by atoms with Crippen molar-refractivity contribution in [1.82, 2.24) is 15.1 Å². The highest BCUT2D eigenvalue weighted by molar-refractivity contribution is 5.24. The van der Waals surface area contributed by atoms with Gasteiger partial charge in [0.15, 0.2) is 0 Å². The fraction of sp³-hybridized carbons (Fsp3) is 0.769. The van der Waals surface area contributed by atoms with E-state index in [9.17, 15) is 0 Å². The Labute approximate surface area is 98.2 Å². The highest BCUT2D eigenvalue weighted by Crippen LogP contribution is 2.34. The van der Waals surface area contributed by atoms with Crippen LogP contribution in [0.25, 0.3) is 0 Å². The van der Waals surface area contributed by atoms with E-state index in [2.05, 4.69) is 31.2 Å². The van der Waals surface area contributed by atoms with E-state index >= 15 is 0 Å². The fourth-order valence-electron chi connectivity index (χ4n) is 2.45. The molecule has 1 aliphatic carbocycles. The maximum Gasteiger partial charge on any atom is 0.0641 e. The molecule has 0 aromatic carbocycles. The summed E-state index contributed by atoms with van der Waals surface area (Å²) in [6.07, 6.45) is 4.07. The standard InChI is InChI=1S/C13H23N3/c1-5-13(11-6-7-11)14-8-12-9(2)15-16(4)10(12)3/h11,13-14H,5-8H2,1-4H3. The minimum atomic E-state index is 0.707. The predicted octanol–water partition coefficient (Wildman–Crippen LogP) is 2.32. The summed E-state index contributed by atoms with van der Waals surface area (Å²) >= 11 is 0. The molecular formula is C13H23N3. The molecule has 1 atom stereocenters. The number of aryl methyl sites for hydroxylation is 2. The van der Waals surface area contributed by atoms with E-state index < -0.39 is 0 Å². The summed E-state index contributed by atoms with van der Waals surface area (Å²) in [7, 11) is 2.02. The van der Waals surface area contributed by atoms with E-state index in [1.54, 1.807) is 0 Å². The maximum atomic E-state index is 4.45. The normalized spacial score (nSPS) is 17.8. The van der Waals surface area contributed by atoms with Gasteiger partial charge in [-0.2, -0.15) is 5.10 Å². The molecule has 0 spiro atoms. The van der Waals surface area contributed by atoms with Crippen molar-refractivity contribution >= 4 is 0 Å². The molecule has 3 heteroatoms. The zero-order valence-corrected chi connectivity index (χ0v) is 10.9. The van der Waals surface area contributed by atoms with Crippen molar-refractivity contribution in [3.8, 4) is 0 Å². The van der Waals surface area contributed by atoms with E-state index in [1.807, 2.05) is 11.7 Å². The number of aromatic nitrogens is 2. The van der Waals surface area contributed by atoms with E-state index in [0.717, 1.165) is 18.2 Å². The molecule has 2 rings (SSSR count). The molecule has 1 saturated carbocycles. The van der Waals surface area contributed by atoms with Crippen LogP contribution < -0.4 is 5.32 Å². The van der Waals surface area contributed by atoms with E-state index in [1.165, 1.54) is 30.5 Å². The lowest BCUT2D eigenvalue weighted by Gasteiger charge is -2.16. The summed E-state index contributed by atoms with van der Waals surface area (Å²) in [5.41, 5.74) is 3.83. The highest BCUT2D eigenvalue weighted by atomic mass is 15.3. The van der Waals surface area contributed by atoms with Crippen LogP contribution in [0.3, 0.4) is 0 Å². The molecule has 1 aromatic rings. The van der Waals surface area contributed by atoms with Gasteiger partial charge in [0.25, 0.3) is 0 Å². The topological polar surface area (TPSA) is 29.9 Å². The predicted molar refractivity (Wildman–Crippen MR) is 66.3 cm³/mol. The van der Waals surface area contributed by atoms with Gasteiger partial charge in [-0.05, 0) is 39.0 Å². The van der Waals surface area contributed by atoms with E-state index in [0.29, 0.717) is 6.04 Å². The van der Waals surface area contributed by atoms with Crippen molar-refractivity contribution in [3.05, 3.63) is 17.0 Å². The van der Waals surface area contributed by atoms with Gasteiger partial charge in [-0.15, -0.1) is 0 Å². The summed E-state index contributed by atoms with van der Waals surface area (Å²) in [4.78, 5) is 0. The maximum absolute atomic E-state index is 4.45. The average molecular weight is 221 g/mol. The summed E-state index contributed by atoms with van der Waals surface area (Å²) < 4.78 is 1.98. The largest absolute Gasteiger partial charge is 0.310 e. The molecule has 0 saturated heterocycles. The third-order valence-corrected chi connectivity index (χ3v) is 3.83. The zero-order chi connectivity index (χ0) is 11.7. The van der Waals surface area contributed by atoms with Crippen LogP contribution >= 0.6 is 0 Å².